The van der Waals surface area contributed by atoms with E-state index in [1.54, 1.807) is 9.80 Å². The van der Waals surface area contributed by atoms with Crippen LogP contribution in [0.5, 0.6) is 0 Å². The third-order valence-electron chi connectivity index (χ3n) is 4.18. The zero-order chi connectivity index (χ0) is 17.7. The van der Waals surface area contributed by atoms with Crippen LogP contribution < -0.4 is 0 Å². The minimum Gasteiger partial charge on any atom is -0.280 e. The van der Waals surface area contributed by atoms with Gasteiger partial charge < -0.3 is 0 Å². The minimum absolute atomic E-state index is 0.537. The van der Waals surface area contributed by atoms with Crippen molar-refractivity contribution in [2.75, 3.05) is 26.2 Å². The third kappa shape index (κ3) is 9.55. The van der Waals surface area contributed by atoms with Crippen LogP contribution in [0.1, 0.15) is 79.1 Å². The molecule has 0 aliphatic rings. The molecule has 2 nitrogen and oxygen atoms in total. The number of alkyl halides is 3. The average molecular weight is 339 g/mol. The van der Waals surface area contributed by atoms with E-state index in [0.717, 1.165) is 51.4 Å². The highest BCUT2D eigenvalue weighted by Crippen LogP contribution is 2.29. The molecule has 0 bridgehead atoms. The normalized spacial score (nSPS) is 12.8. The highest BCUT2D eigenvalue weighted by Gasteiger charge is 2.46. The van der Waals surface area contributed by atoms with Crippen molar-refractivity contribution in [1.82, 2.24) is 9.80 Å². The maximum absolute atomic E-state index is 13.8. The molecule has 0 aliphatic carbocycles. The van der Waals surface area contributed by atoms with Crippen LogP contribution in [0.2, 0.25) is 0 Å². The van der Waals surface area contributed by atoms with Gasteiger partial charge in [0.25, 0.3) is 0 Å². The largest absolute Gasteiger partial charge is 0.417 e. The molecule has 0 atom stereocenters. The minimum atomic E-state index is -4.19. The molecular weight excluding hydrogens is 301 g/mol. The summed E-state index contributed by atoms with van der Waals surface area (Å²) in [7, 11) is 0. The predicted molar refractivity (Wildman–Crippen MR) is 92.6 cm³/mol. The summed E-state index contributed by atoms with van der Waals surface area (Å²) in [6.45, 7) is 10.3. The topological polar surface area (TPSA) is 6.48 Å². The third-order valence-corrected chi connectivity index (χ3v) is 4.18. The highest BCUT2D eigenvalue weighted by atomic mass is 19.4. The van der Waals surface area contributed by atoms with Crippen LogP contribution in [0, 0.1) is 0 Å². The maximum atomic E-state index is 13.8. The number of unbranched alkanes of at least 4 members (excludes halogenated alkanes) is 4. The fourth-order valence-corrected chi connectivity index (χ4v) is 2.80. The Bertz CT molecular complexity index is 233. The summed E-state index contributed by atoms with van der Waals surface area (Å²) >= 11 is 0. The molecule has 0 aromatic heterocycles. The summed E-state index contributed by atoms with van der Waals surface area (Å²) in [5, 5.41) is 0. The first kappa shape index (κ1) is 22.7. The molecule has 0 radical (unpaired) electrons. The zero-order valence-corrected chi connectivity index (χ0v) is 15.6. The summed E-state index contributed by atoms with van der Waals surface area (Å²) in [5.74, 6) is 0. The first-order valence-corrected chi connectivity index (χ1v) is 9.47. The van der Waals surface area contributed by atoms with Gasteiger partial charge in [0.15, 0.2) is 6.17 Å². The van der Waals surface area contributed by atoms with Gasteiger partial charge in [0.2, 0.25) is 0 Å². The van der Waals surface area contributed by atoms with Crippen LogP contribution >= 0.6 is 0 Å². The Balaban J connectivity index is 5.24. The van der Waals surface area contributed by atoms with Gasteiger partial charge >= 0.3 is 6.18 Å². The van der Waals surface area contributed by atoms with E-state index in [-0.39, 0.29) is 0 Å². The van der Waals surface area contributed by atoms with Gasteiger partial charge in [-0.15, -0.1) is 0 Å². The Labute approximate surface area is 141 Å². The van der Waals surface area contributed by atoms with Crippen LogP contribution in [0.3, 0.4) is 0 Å². The second-order valence-electron chi connectivity index (χ2n) is 6.40. The van der Waals surface area contributed by atoms with E-state index in [1.807, 2.05) is 27.7 Å². The zero-order valence-electron chi connectivity index (χ0n) is 15.6. The second kappa shape index (κ2) is 13.1. The molecule has 0 aliphatic heterocycles. The molecule has 0 unspecified atom stereocenters. The first-order valence-electron chi connectivity index (χ1n) is 9.47. The lowest BCUT2D eigenvalue weighted by atomic mass is 10.2. The van der Waals surface area contributed by atoms with Crippen molar-refractivity contribution in [3.63, 3.8) is 0 Å². The number of nitrogens with zero attached hydrogens (tertiary/aromatic N) is 2. The van der Waals surface area contributed by atoms with Gasteiger partial charge in [-0.3, -0.25) is 9.80 Å². The van der Waals surface area contributed by atoms with Crippen LogP contribution in [0.4, 0.5) is 13.2 Å². The summed E-state index contributed by atoms with van der Waals surface area (Å²) in [6.07, 6.45) is 1.40. The van der Waals surface area contributed by atoms with Gasteiger partial charge in [0.05, 0.1) is 0 Å². The second-order valence-corrected chi connectivity index (χ2v) is 6.40. The summed E-state index contributed by atoms with van der Waals surface area (Å²) in [6, 6.07) is 0. The standard InChI is InChI=1S/C18H37F3N2/c1-5-9-13-22(14-10-6-2)17(18(19,20)21)23(15-11-7-3)16-12-8-4/h17H,5-16H2,1-4H3. The number of halogens is 3. The van der Waals surface area contributed by atoms with E-state index in [9.17, 15) is 13.2 Å². The Morgan fingerprint density at radius 1 is 0.609 bits per heavy atom. The van der Waals surface area contributed by atoms with Crippen molar-refractivity contribution < 1.29 is 13.2 Å². The lowest BCUT2D eigenvalue weighted by Crippen LogP contribution is -2.57. The van der Waals surface area contributed by atoms with Gasteiger partial charge in [0, 0.05) is 0 Å². The number of rotatable bonds is 14. The molecule has 0 fully saturated rings. The van der Waals surface area contributed by atoms with Gasteiger partial charge in [-0.05, 0) is 51.9 Å². The number of hydrogen-bond acceptors (Lipinski definition) is 2. The molecule has 0 aromatic rings. The van der Waals surface area contributed by atoms with Crippen molar-refractivity contribution in [3.8, 4) is 0 Å². The van der Waals surface area contributed by atoms with Gasteiger partial charge in [-0.2, -0.15) is 13.2 Å². The van der Waals surface area contributed by atoms with Crippen LogP contribution in [-0.4, -0.2) is 48.3 Å². The van der Waals surface area contributed by atoms with Gasteiger partial charge in [-0.25, -0.2) is 0 Å². The Morgan fingerprint density at radius 3 is 1.04 bits per heavy atom. The van der Waals surface area contributed by atoms with Crippen LogP contribution in [0.25, 0.3) is 0 Å². The van der Waals surface area contributed by atoms with Crippen molar-refractivity contribution in [2.24, 2.45) is 0 Å². The van der Waals surface area contributed by atoms with Gasteiger partial charge in [0.1, 0.15) is 0 Å². The van der Waals surface area contributed by atoms with E-state index in [0.29, 0.717) is 26.2 Å². The van der Waals surface area contributed by atoms with Crippen molar-refractivity contribution in [3.05, 3.63) is 0 Å². The molecule has 140 valence electrons. The van der Waals surface area contributed by atoms with Crippen molar-refractivity contribution in [1.29, 1.82) is 0 Å². The van der Waals surface area contributed by atoms with E-state index in [4.69, 9.17) is 0 Å². The Morgan fingerprint density at radius 2 is 0.870 bits per heavy atom. The molecular formula is C18H37F3N2. The first-order chi connectivity index (χ1) is 10.9. The van der Waals surface area contributed by atoms with E-state index in [1.165, 1.54) is 0 Å². The molecule has 0 N–H and O–H groups in total. The monoisotopic (exact) mass is 338 g/mol. The summed E-state index contributed by atoms with van der Waals surface area (Å²) in [5.41, 5.74) is 0. The highest BCUT2D eigenvalue weighted by molar-refractivity contribution is 4.80. The van der Waals surface area contributed by atoms with E-state index >= 15 is 0 Å². The van der Waals surface area contributed by atoms with Crippen LogP contribution in [-0.2, 0) is 0 Å². The van der Waals surface area contributed by atoms with E-state index < -0.39 is 12.3 Å². The Hall–Kier alpha value is -0.290. The fourth-order valence-electron chi connectivity index (χ4n) is 2.80. The molecule has 0 rings (SSSR count). The molecule has 5 heteroatoms. The lowest BCUT2D eigenvalue weighted by molar-refractivity contribution is -0.227. The van der Waals surface area contributed by atoms with E-state index in [2.05, 4.69) is 0 Å². The smallest absolute Gasteiger partial charge is 0.280 e. The quantitative estimate of drug-likeness (QED) is 0.376. The molecule has 0 aromatic carbocycles. The Kier molecular flexibility index (Phi) is 12.9. The van der Waals surface area contributed by atoms with Crippen molar-refractivity contribution >= 4 is 0 Å². The van der Waals surface area contributed by atoms with Gasteiger partial charge in [-0.1, -0.05) is 53.4 Å². The van der Waals surface area contributed by atoms with Crippen molar-refractivity contribution in [2.45, 2.75) is 91.4 Å². The van der Waals surface area contributed by atoms with Crippen LogP contribution in [0.15, 0.2) is 0 Å². The fraction of sp³-hybridized carbons (Fsp3) is 1.00. The summed E-state index contributed by atoms with van der Waals surface area (Å²) < 4.78 is 41.5. The molecule has 23 heavy (non-hydrogen) atoms. The molecule has 0 saturated carbocycles. The average Bonchev–Trinajstić information content (AvgIpc) is 2.50. The lowest BCUT2D eigenvalue weighted by Gasteiger charge is -2.41. The predicted octanol–water partition coefficient (Wildman–Crippen LogP) is 5.68. The number of hydrogen-bond donors (Lipinski definition) is 0. The molecule has 0 heterocycles. The molecule has 0 saturated heterocycles. The summed E-state index contributed by atoms with van der Waals surface area (Å²) in [4.78, 5) is 3.36. The molecule has 0 amide bonds. The maximum Gasteiger partial charge on any atom is 0.417 e. The SMILES string of the molecule is CCCCN(CCCC)C(N(CCCC)CCCC)C(F)(F)F. The molecule has 0 spiro atoms.